The number of hydrogen-bond donors (Lipinski definition) is 2. The van der Waals surface area contributed by atoms with Crippen LogP contribution < -0.4 is 10.6 Å². The number of nitrogens with one attached hydrogen (secondary N) is 2. The van der Waals surface area contributed by atoms with Gasteiger partial charge in [-0.25, -0.2) is 0 Å². The quantitative estimate of drug-likeness (QED) is 0.619. The van der Waals surface area contributed by atoms with E-state index in [9.17, 15) is 13.2 Å². The van der Waals surface area contributed by atoms with Crippen molar-refractivity contribution in [1.29, 1.82) is 0 Å². The second-order valence-corrected chi connectivity index (χ2v) is 5.83. The van der Waals surface area contributed by atoms with E-state index in [-0.39, 0.29) is 18.9 Å². The lowest BCUT2D eigenvalue weighted by atomic mass is 9.85. The van der Waals surface area contributed by atoms with Gasteiger partial charge in [-0.15, -0.1) is 0 Å². The Labute approximate surface area is 118 Å². The molecule has 2 N–H and O–H groups in total. The normalized spacial score (nSPS) is 28.9. The molecule has 0 saturated heterocycles. The summed E-state index contributed by atoms with van der Waals surface area (Å²) >= 11 is 0. The topological polar surface area (TPSA) is 36.4 Å². The Kier molecular flexibility index (Phi) is 5.16. The van der Waals surface area contributed by atoms with Gasteiger partial charge in [0.05, 0.1) is 5.92 Å². The average molecular weight is 291 g/mol. The summed E-state index contributed by atoms with van der Waals surface area (Å²) in [5, 5.41) is 6.66. The van der Waals surface area contributed by atoms with E-state index in [0.29, 0.717) is 25.4 Å². The van der Waals surface area contributed by atoms with Crippen molar-refractivity contribution in [2.24, 2.45) is 10.9 Å². The Morgan fingerprint density at radius 2 is 1.55 bits per heavy atom. The van der Waals surface area contributed by atoms with Crippen molar-refractivity contribution in [3.8, 4) is 0 Å². The molecule has 2 rings (SSSR count). The predicted molar refractivity (Wildman–Crippen MR) is 73.7 cm³/mol. The molecule has 0 atom stereocenters. The van der Waals surface area contributed by atoms with E-state index in [1.165, 1.54) is 6.42 Å². The minimum absolute atomic E-state index is 0.117. The predicted octanol–water partition coefficient (Wildman–Crippen LogP) is 3.22. The maximum atomic E-state index is 12.6. The molecule has 0 unspecified atom stereocenters. The van der Waals surface area contributed by atoms with Crippen LogP contribution in [0.25, 0.3) is 0 Å². The van der Waals surface area contributed by atoms with Crippen LogP contribution >= 0.6 is 0 Å². The first-order chi connectivity index (χ1) is 9.49. The van der Waals surface area contributed by atoms with Gasteiger partial charge in [0.1, 0.15) is 0 Å². The lowest BCUT2D eigenvalue weighted by molar-refractivity contribution is -0.182. The number of nitrogens with zero attached hydrogens (tertiary/aromatic N) is 1. The Hall–Kier alpha value is -0.940. The van der Waals surface area contributed by atoms with Gasteiger partial charge in [-0.2, -0.15) is 13.2 Å². The van der Waals surface area contributed by atoms with Crippen molar-refractivity contribution in [3.63, 3.8) is 0 Å². The van der Waals surface area contributed by atoms with Crippen LogP contribution in [0.5, 0.6) is 0 Å². The number of halogens is 3. The highest BCUT2D eigenvalue weighted by Crippen LogP contribution is 2.37. The smallest absolute Gasteiger partial charge is 0.354 e. The van der Waals surface area contributed by atoms with Crippen molar-refractivity contribution >= 4 is 5.96 Å². The Bertz CT molecular complexity index is 329. The lowest BCUT2D eigenvalue weighted by Crippen LogP contribution is -2.50. The molecule has 2 aliphatic rings. The van der Waals surface area contributed by atoms with Crippen LogP contribution in [-0.4, -0.2) is 30.8 Å². The maximum Gasteiger partial charge on any atom is 0.391 e. The number of alkyl halides is 3. The SMILES string of the molecule is CCN=C(NC1CCC1)NC1CCC(C(F)(F)F)CC1. The van der Waals surface area contributed by atoms with Gasteiger partial charge in [-0.3, -0.25) is 4.99 Å². The van der Waals surface area contributed by atoms with Crippen LogP contribution in [-0.2, 0) is 0 Å². The van der Waals surface area contributed by atoms with Gasteiger partial charge in [0.2, 0.25) is 0 Å². The molecule has 6 heteroatoms. The van der Waals surface area contributed by atoms with E-state index >= 15 is 0 Å². The summed E-state index contributed by atoms with van der Waals surface area (Å²) in [6, 6.07) is 0.603. The summed E-state index contributed by atoms with van der Waals surface area (Å²) in [5.41, 5.74) is 0. The van der Waals surface area contributed by atoms with Crippen LogP contribution in [0.3, 0.4) is 0 Å². The molecule has 20 heavy (non-hydrogen) atoms. The molecule has 0 bridgehead atoms. The van der Waals surface area contributed by atoms with Gasteiger partial charge < -0.3 is 10.6 Å². The molecule has 0 heterocycles. The maximum absolute atomic E-state index is 12.6. The minimum atomic E-state index is -4.03. The number of rotatable bonds is 3. The highest BCUT2D eigenvalue weighted by atomic mass is 19.4. The highest BCUT2D eigenvalue weighted by Gasteiger charge is 2.41. The van der Waals surface area contributed by atoms with Crippen molar-refractivity contribution < 1.29 is 13.2 Å². The molecule has 3 nitrogen and oxygen atoms in total. The standard InChI is InChI=1S/C14H24F3N3/c1-2-18-13(19-11-4-3-5-11)20-12-8-6-10(7-9-12)14(15,16)17/h10-12H,2-9H2,1H3,(H2,18,19,20). The number of guanidine groups is 1. The van der Waals surface area contributed by atoms with E-state index < -0.39 is 12.1 Å². The fourth-order valence-corrected chi connectivity index (χ4v) is 2.80. The minimum Gasteiger partial charge on any atom is -0.354 e. The first-order valence-corrected chi connectivity index (χ1v) is 7.63. The molecule has 0 spiro atoms. The second-order valence-electron chi connectivity index (χ2n) is 5.83. The molecule has 2 fully saturated rings. The second kappa shape index (κ2) is 6.68. The van der Waals surface area contributed by atoms with Crippen molar-refractivity contribution in [2.75, 3.05) is 6.54 Å². The van der Waals surface area contributed by atoms with Crippen LogP contribution in [0.1, 0.15) is 51.9 Å². The van der Waals surface area contributed by atoms with E-state index in [4.69, 9.17) is 0 Å². The van der Waals surface area contributed by atoms with Crippen molar-refractivity contribution in [3.05, 3.63) is 0 Å². The molecule has 2 saturated carbocycles. The highest BCUT2D eigenvalue weighted by molar-refractivity contribution is 5.80. The number of aliphatic imine (C=N–C) groups is 1. The zero-order valence-electron chi connectivity index (χ0n) is 12.0. The van der Waals surface area contributed by atoms with Crippen LogP contribution in [0.4, 0.5) is 13.2 Å². The molecule has 0 amide bonds. The summed E-state index contributed by atoms with van der Waals surface area (Å²) in [5.74, 6) is -0.348. The third kappa shape index (κ3) is 4.28. The lowest BCUT2D eigenvalue weighted by Gasteiger charge is -2.33. The summed E-state index contributed by atoms with van der Waals surface area (Å²) in [6.45, 7) is 2.64. The molecule has 0 radical (unpaired) electrons. The van der Waals surface area contributed by atoms with E-state index in [0.717, 1.165) is 18.8 Å². The van der Waals surface area contributed by atoms with E-state index in [2.05, 4.69) is 15.6 Å². The Balaban J connectivity index is 1.78. The fourth-order valence-electron chi connectivity index (χ4n) is 2.80. The summed E-state index contributed by atoms with van der Waals surface area (Å²) in [6.07, 6.45) is 1.12. The van der Waals surface area contributed by atoms with Gasteiger partial charge in [0.25, 0.3) is 0 Å². The van der Waals surface area contributed by atoms with Crippen LogP contribution in [0, 0.1) is 5.92 Å². The van der Waals surface area contributed by atoms with Crippen LogP contribution in [0.2, 0.25) is 0 Å². The molecule has 2 aliphatic carbocycles. The van der Waals surface area contributed by atoms with Gasteiger partial charge in [-0.1, -0.05) is 0 Å². The van der Waals surface area contributed by atoms with Gasteiger partial charge in [-0.05, 0) is 51.9 Å². The zero-order chi connectivity index (χ0) is 14.6. The monoisotopic (exact) mass is 291 g/mol. The molecule has 0 aliphatic heterocycles. The van der Waals surface area contributed by atoms with E-state index in [1.54, 1.807) is 0 Å². The largest absolute Gasteiger partial charge is 0.391 e. The van der Waals surface area contributed by atoms with Gasteiger partial charge >= 0.3 is 6.18 Å². The third-order valence-electron chi connectivity index (χ3n) is 4.29. The average Bonchev–Trinajstić information content (AvgIpc) is 2.33. The summed E-state index contributed by atoms with van der Waals surface area (Å²) in [4.78, 5) is 4.38. The molecule has 0 aromatic rings. The van der Waals surface area contributed by atoms with Gasteiger partial charge in [0, 0.05) is 18.6 Å². The molecule has 0 aromatic carbocycles. The summed E-state index contributed by atoms with van der Waals surface area (Å²) < 4.78 is 37.9. The first kappa shape index (κ1) is 15.4. The summed E-state index contributed by atoms with van der Waals surface area (Å²) in [7, 11) is 0. The van der Waals surface area contributed by atoms with Gasteiger partial charge in [0.15, 0.2) is 5.96 Å². The Morgan fingerprint density at radius 1 is 1.00 bits per heavy atom. The Morgan fingerprint density at radius 3 is 1.95 bits per heavy atom. The van der Waals surface area contributed by atoms with E-state index in [1.807, 2.05) is 6.92 Å². The molecule has 0 aromatic heterocycles. The molecule has 116 valence electrons. The molecular formula is C14H24F3N3. The van der Waals surface area contributed by atoms with Crippen molar-refractivity contribution in [1.82, 2.24) is 10.6 Å². The zero-order valence-corrected chi connectivity index (χ0v) is 12.0. The van der Waals surface area contributed by atoms with Crippen molar-refractivity contribution in [2.45, 2.75) is 70.1 Å². The molecular weight excluding hydrogens is 267 g/mol. The third-order valence-corrected chi connectivity index (χ3v) is 4.29. The fraction of sp³-hybridized carbons (Fsp3) is 0.929. The number of hydrogen-bond acceptors (Lipinski definition) is 1. The van der Waals surface area contributed by atoms with Crippen LogP contribution in [0.15, 0.2) is 4.99 Å². The first-order valence-electron chi connectivity index (χ1n) is 7.63.